The second kappa shape index (κ2) is 3.85. The van der Waals surface area contributed by atoms with Crippen LogP contribution in [0.3, 0.4) is 0 Å². The maximum Gasteiger partial charge on any atom is 0.161 e. The van der Waals surface area contributed by atoms with Gasteiger partial charge in [-0.3, -0.25) is 0 Å². The Morgan fingerprint density at radius 1 is 1.31 bits per heavy atom. The van der Waals surface area contributed by atoms with Crippen molar-refractivity contribution in [3.63, 3.8) is 0 Å². The third-order valence-corrected chi connectivity index (χ3v) is 3.65. The molecular weight excluding hydrogens is 216 g/mol. The summed E-state index contributed by atoms with van der Waals surface area (Å²) in [6, 6.07) is 6.60. The van der Waals surface area contributed by atoms with Crippen LogP contribution in [0, 0.1) is 13.8 Å². The number of hydrogen-bond donors (Lipinski definition) is 0. The monoisotopic (exact) mass is 234 g/mol. The highest BCUT2D eigenvalue weighted by Crippen LogP contribution is 2.42. The first-order valence-corrected chi connectivity index (χ1v) is 6.10. The molecule has 1 aromatic rings. The quantitative estimate of drug-likeness (QED) is 0.681. The lowest BCUT2D eigenvalue weighted by atomic mass is 9.82. The number of ether oxygens (including phenoxy) is 1. The molecule has 1 saturated heterocycles. The zero-order valence-electron chi connectivity index (χ0n) is 10.3. The van der Waals surface area contributed by atoms with Crippen LogP contribution in [0.4, 0.5) is 0 Å². The summed E-state index contributed by atoms with van der Waals surface area (Å²) in [6.45, 7) is 8.54. The van der Waals surface area contributed by atoms with Crippen LogP contribution in [0.2, 0.25) is 0 Å². The van der Waals surface area contributed by atoms with Crippen molar-refractivity contribution >= 4 is 17.3 Å². The van der Waals surface area contributed by atoms with E-state index < -0.39 is 0 Å². The lowest BCUT2D eigenvalue weighted by molar-refractivity contribution is 0.108. The molecule has 0 amide bonds. The van der Waals surface area contributed by atoms with Crippen molar-refractivity contribution in [1.29, 1.82) is 0 Å². The Balaban J connectivity index is 2.44. The first-order chi connectivity index (χ1) is 7.40. The van der Waals surface area contributed by atoms with Crippen LogP contribution in [-0.2, 0) is 4.74 Å². The van der Waals surface area contributed by atoms with E-state index in [-0.39, 0.29) is 5.60 Å². The average Bonchev–Trinajstić information content (AvgIpc) is 2.43. The molecule has 16 heavy (non-hydrogen) atoms. The van der Waals surface area contributed by atoms with Gasteiger partial charge in [-0.05, 0) is 51.0 Å². The number of rotatable bonds is 1. The summed E-state index contributed by atoms with van der Waals surface area (Å²) >= 11 is 5.20. The topological polar surface area (TPSA) is 9.23 Å². The average molecular weight is 234 g/mol. The van der Waals surface area contributed by atoms with Gasteiger partial charge in [-0.25, -0.2) is 0 Å². The molecule has 1 aliphatic heterocycles. The van der Waals surface area contributed by atoms with Crippen molar-refractivity contribution in [3.8, 4) is 0 Å². The molecule has 0 radical (unpaired) electrons. The third kappa shape index (κ3) is 1.99. The van der Waals surface area contributed by atoms with Crippen LogP contribution in [0.5, 0.6) is 0 Å². The van der Waals surface area contributed by atoms with Crippen LogP contribution in [-0.4, -0.2) is 10.7 Å². The van der Waals surface area contributed by atoms with Crippen LogP contribution < -0.4 is 0 Å². The number of hydrogen-bond acceptors (Lipinski definition) is 2. The van der Waals surface area contributed by atoms with E-state index in [0.29, 0.717) is 5.92 Å². The van der Waals surface area contributed by atoms with Crippen LogP contribution in [0.15, 0.2) is 18.2 Å². The Kier molecular flexibility index (Phi) is 2.79. The Bertz CT molecular complexity index is 434. The fourth-order valence-corrected chi connectivity index (χ4v) is 2.82. The zero-order chi connectivity index (χ0) is 11.9. The number of benzene rings is 1. The van der Waals surface area contributed by atoms with Crippen molar-refractivity contribution in [2.24, 2.45) is 0 Å². The Labute approximate surface area is 103 Å². The second-order valence-corrected chi connectivity index (χ2v) is 5.65. The molecular formula is C14H18OS. The molecule has 86 valence electrons. The fraction of sp³-hybridized carbons (Fsp3) is 0.500. The van der Waals surface area contributed by atoms with Gasteiger partial charge in [-0.2, -0.15) is 0 Å². The second-order valence-electron chi connectivity index (χ2n) is 5.19. The minimum atomic E-state index is -0.171. The van der Waals surface area contributed by atoms with Gasteiger partial charge in [0.2, 0.25) is 0 Å². The van der Waals surface area contributed by atoms with E-state index in [4.69, 9.17) is 17.0 Å². The van der Waals surface area contributed by atoms with Gasteiger partial charge in [-0.15, -0.1) is 0 Å². The molecule has 0 aromatic heterocycles. The van der Waals surface area contributed by atoms with Gasteiger partial charge in [0.1, 0.15) is 5.60 Å². The van der Waals surface area contributed by atoms with E-state index in [2.05, 4.69) is 45.9 Å². The SMILES string of the molecule is Cc1ccc(C)c(C2CC(=S)OC2(C)C)c1. The summed E-state index contributed by atoms with van der Waals surface area (Å²) in [4.78, 5) is 0. The van der Waals surface area contributed by atoms with Gasteiger partial charge in [-0.1, -0.05) is 23.8 Å². The molecule has 0 saturated carbocycles. The maximum atomic E-state index is 5.74. The zero-order valence-corrected chi connectivity index (χ0v) is 11.1. The van der Waals surface area contributed by atoms with Crippen LogP contribution >= 0.6 is 12.2 Å². The Morgan fingerprint density at radius 2 is 2.00 bits per heavy atom. The first-order valence-electron chi connectivity index (χ1n) is 5.69. The minimum Gasteiger partial charge on any atom is -0.481 e. The van der Waals surface area contributed by atoms with Gasteiger partial charge in [0.25, 0.3) is 0 Å². The molecule has 1 atom stereocenters. The lowest BCUT2D eigenvalue weighted by Crippen LogP contribution is -2.26. The van der Waals surface area contributed by atoms with Gasteiger partial charge in [0, 0.05) is 12.3 Å². The molecule has 2 rings (SSSR count). The van der Waals surface area contributed by atoms with E-state index in [1.807, 2.05) is 0 Å². The standard InChI is InChI=1S/C14H18OS/c1-9-5-6-10(2)11(7-9)12-8-13(16)15-14(12,3)4/h5-7,12H,8H2,1-4H3. The van der Waals surface area contributed by atoms with Crippen LogP contribution in [0.25, 0.3) is 0 Å². The smallest absolute Gasteiger partial charge is 0.161 e. The molecule has 1 heterocycles. The molecule has 0 spiro atoms. The molecule has 2 heteroatoms. The molecule has 1 aromatic carbocycles. The molecule has 0 aliphatic carbocycles. The normalized spacial score (nSPS) is 23.2. The molecule has 1 unspecified atom stereocenters. The van der Waals surface area contributed by atoms with Gasteiger partial charge in [0.05, 0.1) is 0 Å². The lowest BCUT2D eigenvalue weighted by Gasteiger charge is -2.27. The minimum absolute atomic E-state index is 0.171. The third-order valence-electron chi connectivity index (χ3n) is 3.40. The van der Waals surface area contributed by atoms with Crippen molar-refractivity contribution in [2.45, 2.75) is 45.6 Å². The molecule has 1 fully saturated rings. The van der Waals surface area contributed by atoms with E-state index >= 15 is 0 Å². The summed E-state index contributed by atoms with van der Waals surface area (Å²) < 4.78 is 5.74. The highest BCUT2D eigenvalue weighted by molar-refractivity contribution is 7.80. The molecule has 0 N–H and O–H groups in total. The van der Waals surface area contributed by atoms with Crippen LogP contribution in [0.1, 0.15) is 42.9 Å². The summed E-state index contributed by atoms with van der Waals surface area (Å²) in [5.41, 5.74) is 3.84. The summed E-state index contributed by atoms with van der Waals surface area (Å²) in [5.74, 6) is 0.389. The number of aryl methyl sites for hydroxylation is 2. The Hall–Kier alpha value is -0.890. The maximum absolute atomic E-state index is 5.74. The van der Waals surface area contributed by atoms with E-state index in [1.54, 1.807) is 0 Å². The van der Waals surface area contributed by atoms with E-state index in [9.17, 15) is 0 Å². The molecule has 0 bridgehead atoms. The molecule has 1 nitrogen and oxygen atoms in total. The predicted molar refractivity (Wildman–Crippen MR) is 71.0 cm³/mol. The summed E-state index contributed by atoms with van der Waals surface area (Å²) in [5, 5.41) is 0.746. The number of thiocarbonyl (C=S) groups is 1. The van der Waals surface area contributed by atoms with Crippen molar-refractivity contribution in [2.75, 3.05) is 0 Å². The van der Waals surface area contributed by atoms with Crippen molar-refractivity contribution in [1.82, 2.24) is 0 Å². The van der Waals surface area contributed by atoms with Gasteiger partial charge >= 0.3 is 0 Å². The van der Waals surface area contributed by atoms with E-state index in [0.717, 1.165) is 11.5 Å². The fourth-order valence-electron chi connectivity index (χ4n) is 2.44. The predicted octanol–water partition coefficient (Wildman–Crippen LogP) is 3.91. The van der Waals surface area contributed by atoms with Crippen molar-refractivity contribution in [3.05, 3.63) is 34.9 Å². The largest absolute Gasteiger partial charge is 0.481 e. The summed E-state index contributed by atoms with van der Waals surface area (Å²) in [7, 11) is 0. The van der Waals surface area contributed by atoms with Gasteiger partial charge in [0.15, 0.2) is 5.05 Å². The summed E-state index contributed by atoms with van der Waals surface area (Å²) in [6.07, 6.45) is 0.868. The van der Waals surface area contributed by atoms with E-state index in [1.165, 1.54) is 16.7 Å². The van der Waals surface area contributed by atoms with Crippen molar-refractivity contribution < 1.29 is 4.74 Å². The first kappa shape index (κ1) is 11.6. The highest BCUT2D eigenvalue weighted by Gasteiger charge is 2.41. The highest BCUT2D eigenvalue weighted by atomic mass is 32.1. The van der Waals surface area contributed by atoms with Gasteiger partial charge < -0.3 is 4.74 Å². The molecule has 1 aliphatic rings. The Morgan fingerprint density at radius 3 is 2.56 bits per heavy atom.